The Morgan fingerprint density at radius 2 is 1.86 bits per heavy atom. The van der Waals surface area contributed by atoms with Crippen molar-refractivity contribution in [3.05, 3.63) is 53.0 Å². The average Bonchev–Trinajstić information content (AvgIpc) is 2.82. The van der Waals surface area contributed by atoms with Crippen molar-refractivity contribution in [2.24, 2.45) is 0 Å². The molecule has 0 saturated heterocycles. The molecule has 0 radical (unpaired) electrons. The molecular weight excluding hydrogens is 282 g/mol. The van der Waals surface area contributed by atoms with Crippen molar-refractivity contribution >= 4 is 22.8 Å². The summed E-state index contributed by atoms with van der Waals surface area (Å²) in [7, 11) is 0. The maximum absolute atomic E-state index is 5.95. The van der Waals surface area contributed by atoms with Crippen LogP contribution in [0.2, 0.25) is 0 Å². The van der Waals surface area contributed by atoms with E-state index in [-0.39, 0.29) is 0 Å². The van der Waals surface area contributed by atoms with Crippen LogP contribution in [-0.2, 0) is 6.42 Å². The van der Waals surface area contributed by atoms with E-state index in [0.29, 0.717) is 5.88 Å². The Bertz CT molecular complexity index is 805. The highest BCUT2D eigenvalue weighted by Gasteiger charge is 2.14. The molecule has 0 aliphatic heterocycles. The molecule has 4 heteroatoms. The number of aryl methyl sites for hydroxylation is 4. The van der Waals surface area contributed by atoms with Crippen LogP contribution in [0.15, 0.2) is 30.5 Å². The van der Waals surface area contributed by atoms with Gasteiger partial charge in [0.15, 0.2) is 5.65 Å². The van der Waals surface area contributed by atoms with Crippen LogP contribution in [0.1, 0.15) is 22.5 Å². The molecule has 3 rings (SSSR count). The van der Waals surface area contributed by atoms with E-state index < -0.39 is 0 Å². The van der Waals surface area contributed by atoms with Gasteiger partial charge in [-0.2, -0.15) is 0 Å². The lowest BCUT2D eigenvalue weighted by Crippen LogP contribution is -2.03. The number of fused-ring (bicyclic) bond motifs is 1. The van der Waals surface area contributed by atoms with E-state index in [1.807, 2.05) is 12.3 Å². The predicted molar refractivity (Wildman–Crippen MR) is 87.5 cm³/mol. The van der Waals surface area contributed by atoms with Crippen molar-refractivity contribution in [2.45, 2.75) is 27.2 Å². The van der Waals surface area contributed by atoms with E-state index >= 15 is 0 Å². The van der Waals surface area contributed by atoms with Gasteiger partial charge in [-0.15, -0.1) is 11.6 Å². The highest BCUT2D eigenvalue weighted by atomic mass is 35.5. The van der Waals surface area contributed by atoms with E-state index in [1.54, 1.807) is 0 Å². The summed E-state index contributed by atoms with van der Waals surface area (Å²) in [6.45, 7) is 6.30. The summed E-state index contributed by atoms with van der Waals surface area (Å²) in [6, 6.07) is 8.42. The molecule has 0 spiro atoms. The van der Waals surface area contributed by atoms with Gasteiger partial charge in [0.05, 0.1) is 0 Å². The molecule has 0 bridgehead atoms. The average molecular weight is 300 g/mol. The van der Waals surface area contributed by atoms with Gasteiger partial charge in [0, 0.05) is 24.2 Å². The number of hydrogen-bond acceptors (Lipinski definition) is 2. The van der Waals surface area contributed by atoms with E-state index in [1.165, 1.54) is 11.1 Å². The fourth-order valence-corrected chi connectivity index (χ4v) is 2.70. The summed E-state index contributed by atoms with van der Waals surface area (Å²) >= 11 is 5.95. The minimum Gasteiger partial charge on any atom is -0.281 e. The molecule has 108 valence electrons. The first-order valence-electron chi connectivity index (χ1n) is 7.08. The van der Waals surface area contributed by atoms with Gasteiger partial charge in [-0.25, -0.2) is 9.97 Å². The molecule has 0 aliphatic rings. The lowest BCUT2D eigenvalue weighted by Gasteiger charge is -2.10. The van der Waals surface area contributed by atoms with Gasteiger partial charge in [0.2, 0.25) is 0 Å². The Labute approximate surface area is 129 Å². The van der Waals surface area contributed by atoms with Gasteiger partial charge in [0.25, 0.3) is 0 Å². The monoisotopic (exact) mass is 299 g/mol. The van der Waals surface area contributed by atoms with E-state index in [9.17, 15) is 0 Å². The van der Waals surface area contributed by atoms with Crippen LogP contribution >= 0.6 is 11.6 Å². The molecule has 2 aromatic heterocycles. The fourth-order valence-electron chi connectivity index (χ4n) is 2.53. The summed E-state index contributed by atoms with van der Waals surface area (Å²) in [6.07, 6.45) is 2.56. The van der Waals surface area contributed by atoms with Crippen LogP contribution in [-0.4, -0.2) is 20.4 Å². The largest absolute Gasteiger partial charge is 0.281 e. The molecule has 0 atom stereocenters. The number of nitrogens with zero attached hydrogens (tertiary/aromatic N) is 3. The minimum absolute atomic E-state index is 0.549. The zero-order valence-corrected chi connectivity index (χ0v) is 13.3. The minimum atomic E-state index is 0.549. The maximum Gasteiger partial charge on any atom is 0.164 e. The third-order valence-electron chi connectivity index (χ3n) is 3.88. The van der Waals surface area contributed by atoms with Gasteiger partial charge >= 0.3 is 0 Å². The first kappa shape index (κ1) is 14.1. The molecule has 21 heavy (non-hydrogen) atoms. The lowest BCUT2D eigenvalue weighted by atomic mass is 10.1. The van der Waals surface area contributed by atoms with Crippen LogP contribution < -0.4 is 0 Å². The summed E-state index contributed by atoms with van der Waals surface area (Å²) < 4.78 is 2.12. The van der Waals surface area contributed by atoms with Crippen molar-refractivity contribution < 1.29 is 0 Å². The Morgan fingerprint density at radius 1 is 1.05 bits per heavy atom. The zero-order chi connectivity index (χ0) is 15.0. The molecule has 0 saturated carbocycles. The number of halogens is 1. The van der Waals surface area contributed by atoms with Crippen LogP contribution in [0.4, 0.5) is 0 Å². The summed E-state index contributed by atoms with van der Waals surface area (Å²) in [4.78, 5) is 9.28. The molecule has 3 aromatic rings. The quantitative estimate of drug-likeness (QED) is 0.681. The zero-order valence-electron chi connectivity index (χ0n) is 12.5. The summed E-state index contributed by atoms with van der Waals surface area (Å²) in [5, 5.41) is 0. The van der Waals surface area contributed by atoms with Crippen LogP contribution in [0.25, 0.3) is 16.9 Å². The number of hydrogen-bond donors (Lipinski definition) is 0. The molecule has 3 nitrogen and oxygen atoms in total. The maximum atomic E-state index is 5.95. The van der Waals surface area contributed by atoms with E-state index in [0.717, 1.165) is 34.7 Å². The fraction of sp³-hybridized carbons (Fsp3) is 0.294. The van der Waals surface area contributed by atoms with Crippen molar-refractivity contribution in [3.8, 4) is 5.69 Å². The van der Waals surface area contributed by atoms with Crippen molar-refractivity contribution in [3.63, 3.8) is 0 Å². The SMILES string of the molecule is Cc1ccc(-n2c(CCCl)nc3c(C)ccnc32)cc1C. The number of imidazole rings is 1. The second-order valence-corrected chi connectivity index (χ2v) is 5.75. The van der Waals surface area contributed by atoms with Gasteiger partial charge < -0.3 is 0 Å². The number of alkyl halides is 1. The molecule has 1 aromatic carbocycles. The molecule has 2 heterocycles. The van der Waals surface area contributed by atoms with Gasteiger partial charge in [-0.1, -0.05) is 6.07 Å². The van der Waals surface area contributed by atoms with Crippen molar-refractivity contribution in [1.82, 2.24) is 14.5 Å². The lowest BCUT2D eigenvalue weighted by molar-refractivity contribution is 0.903. The Balaban J connectivity index is 2.30. The van der Waals surface area contributed by atoms with E-state index in [2.05, 4.69) is 48.5 Å². The Morgan fingerprint density at radius 3 is 2.57 bits per heavy atom. The van der Waals surface area contributed by atoms with Crippen molar-refractivity contribution in [1.29, 1.82) is 0 Å². The number of pyridine rings is 1. The number of aromatic nitrogens is 3. The predicted octanol–water partition coefficient (Wildman–Crippen LogP) is 4.13. The van der Waals surface area contributed by atoms with Gasteiger partial charge in [-0.05, 0) is 55.7 Å². The number of benzene rings is 1. The highest BCUT2D eigenvalue weighted by Crippen LogP contribution is 2.24. The molecule has 0 N–H and O–H groups in total. The normalized spacial score (nSPS) is 11.2. The summed E-state index contributed by atoms with van der Waals surface area (Å²) in [5.74, 6) is 1.51. The smallest absolute Gasteiger partial charge is 0.164 e. The third-order valence-corrected chi connectivity index (χ3v) is 4.07. The molecule has 0 amide bonds. The third kappa shape index (κ3) is 2.42. The number of rotatable bonds is 3. The van der Waals surface area contributed by atoms with Crippen LogP contribution in [0, 0.1) is 20.8 Å². The van der Waals surface area contributed by atoms with Crippen LogP contribution in [0.3, 0.4) is 0 Å². The molecular formula is C17H18ClN3. The van der Waals surface area contributed by atoms with E-state index in [4.69, 9.17) is 16.6 Å². The summed E-state index contributed by atoms with van der Waals surface area (Å²) in [5.41, 5.74) is 6.64. The Kier molecular flexibility index (Phi) is 3.68. The van der Waals surface area contributed by atoms with Crippen molar-refractivity contribution in [2.75, 3.05) is 5.88 Å². The molecule has 0 aliphatic carbocycles. The Hall–Kier alpha value is -1.87. The second kappa shape index (κ2) is 5.49. The standard InChI is InChI=1S/C17H18ClN3/c1-11-4-5-14(10-13(11)3)21-15(6-8-18)20-16-12(2)7-9-19-17(16)21/h4-5,7,9-10H,6,8H2,1-3H3. The molecule has 0 fully saturated rings. The first-order valence-corrected chi connectivity index (χ1v) is 7.62. The highest BCUT2D eigenvalue weighted by molar-refractivity contribution is 6.17. The topological polar surface area (TPSA) is 30.7 Å². The van der Waals surface area contributed by atoms with Gasteiger partial charge in [0.1, 0.15) is 11.3 Å². The van der Waals surface area contributed by atoms with Gasteiger partial charge in [-0.3, -0.25) is 4.57 Å². The second-order valence-electron chi connectivity index (χ2n) is 5.37. The molecule has 0 unspecified atom stereocenters. The first-order chi connectivity index (χ1) is 10.1. The van der Waals surface area contributed by atoms with Crippen LogP contribution in [0.5, 0.6) is 0 Å².